The van der Waals surface area contributed by atoms with Gasteiger partial charge in [-0.3, -0.25) is 14.4 Å². The van der Waals surface area contributed by atoms with E-state index in [1.807, 2.05) is 36.4 Å². The van der Waals surface area contributed by atoms with Crippen LogP contribution in [-0.4, -0.2) is 29.4 Å². The van der Waals surface area contributed by atoms with E-state index in [1.165, 1.54) is 6.08 Å². The number of hydrogen-bond donors (Lipinski definition) is 3. The lowest BCUT2D eigenvalue weighted by Gasteiger charge is -2.10. The Hall–Kier alpha value is -3.67. The van der Waals surface area contributed by atoms with E-state index in [-0.39, 0.29) is 18.7 Å². The molecule has 28 heavy (non-hydrogen) atoms. The van der Waals surface area contributed by atoms with Crippen molar-refractivity contribution in [3.63, 3.8) is 0 Å². The van der Waals surface area contributed by atoms with Gasteiger partial charge in [-0.05, 0) is 30.2 Å². The molecule has 144 valence electrons. The maximum Gasteiger partial charge on any atom is 0.303 e. The summed E-state index contributed by atoms with van der Waals surface area (Å²) in [5.74, 6) is -1.80. The van der Waals surface area contributed by atoms with Gasteiger partial charge in [0.25, 0.3) is 11.8 Å². The van der Waals surface area contributed by atoms with Gasteiger partial charge in [-0.1, -0.05) is 60.7 Å². The van der Waals surface area contributed by atoms with Gasteiger partial charge < -0.3 is 15.7 Å². The number of carboxylic acid groups (broad SMARTS) is 1. The monoisotopic (exact) mass is 378 g/mol. The Bertz CT molecular complexity index is 859. The number of aliphatic carboxylic acids is 1. The lowest BCUT2D eigenvalue weighted by Crippen LogP contribution is -2.35. The first kappa shape index (κ1) is 20.6. The van der Waals surface area contributed by atoms with Crippen LogP contribution in [0.15, 0.2) is 78.5 Å². The molecule has 0 bridgehead atoms. The maximum absolute atomic E-state index is 12.4. The second kappa shape index (κ2) is 11.1. The summed E-state index contributed by atoms with van der Waals surface area (Å²) in [5, 5.41) is 13.9. The summed E-state index contributed by atoms with van der Waals surface area (Å²) in [6, 6.07) is 18.1. The van der Waals surface area contributed by atoms with Crippen molar-refractivity contribution in [2.45, 2.75) is 12.8 Å². The van der Waals surface area contributed by atoms with Gasteiger partial charge in [-0.15, -0.1) is 0 Å². The van der Waals surface area contributed by atoms with Crippen LogP contribution in [0.25, 0.3) is 6.08 Å². The first-order chi connectivity index (χ1) is 13.6. The molecule has 2 amide bonds. The number of carboxylic acids is 1. The molecule has 0 atom stereocenters. The first-order valence-corrected chi connectivity index (χ1v) is 8.86. The predicted octanol–water partition coefficient (Wildman–Crippen LogP) is 2.99. The number of carbonyl (C=O) groups excluding carboxylic acids is 2. The molecule has 6 heteroatoms. The molecule has 0 saturated carbocycles. The molecular weight excluding hydrogens is 356 g/mol. The van der Waals surface area contributed by atoms with Crippen molar-refractivity contribution in [2.24, 2.45) is 0 Å². The molecule has 0 aliphatic carbocycles. The van der Waals surface area contributed by atoms with E-state index in [0.29, 0.717) is 12.0 Å². The molecule has 6 nitrogen and oxygen atoms in total. The Morgan fingerprint density at radius 1 is 0.929 bits per heavy atom. The molecule has 0 aliphatic rings. The molecule has 0 fully saturated rings. The summed E-state index contributed by atoms with van der Waals surface area (Å²) in [4.78, 5) is 35.4. The first-order valence-electron chi connectivity index (χ1n) is 8.86. The smallest absolute Gasteiger partial charge is 0.303 e. The summed E-state index contributed by atoms with van der Waals surface area (Å²) >= 11 is 0. The molecule has 0 aromatic heterocycles. The van der Waals surface area contributed by atoms with Crippen LogP contribution in [-0.2, 0) is 9.59 Å². The zero-order valence-corrected chi connectivity index (χ0v) is 15.3. The number of carbonyl (C=O) groups is 3. The van der Waals surface area contributed by atoms with Crippen molar-refractivity contribution >= 4 is 23.9 Å². The average Bonchev–Trinajstić information content (AvgIpc) is 2.71. The summed E-state index contributed by atoms with van der Waals surface area (Å²) < 4.78 is 0. The topological polar surface area (TPSA) is 95.5 Å². The van der Waals surface area contributed by atoms with E-state index in [4.69, 9.17) is 5.11 Å². The van der Waals surface area contributed by atoms with E-state index in [0.717, 1.165) is 5.56 Å². The lowest BCUT2D eigenvalue weighted by molar-refractivity contribution is -0.137. The van der Waals surface area contributed by atoms with E-state index in [2.05, 4.69) is 10.6 Å². The van der Waals surface area contributed by atoms with Crippen LogP contribution in [0.4, 0.5) is 0 Å². The standard InChI is InChI=1S/C22H22N2O4/c25-20(26)15-8-16-23-22(28)19(14-7-11-17-9-3-1-4-10-17)24-21(27)18-12-5-2-6-13-18/h1-7,9-14H,8,15-16H2,(H,23,28)(H,24,27)(H,25,26)/b11-7+,19-14-. The second-order valence-corrected chi connectivity index (χ2v) is 5.92. The van der Waals surface area contributed by atoms with Crippen LogP contribution in [0, 0.1) is 0 Å². The van der Waals surface area contributed by atoms with Gasteiger partial charge in [-0.2, -0.15) is 0 Å². The van der Waals surface area contributed by atoms with Crippen molar-refractivity contribution < 1.29 is 19.5 Å². The van der Waals surface area contributed by atoms with Crippen LogP contribution in [0.3, 0.4) is 0 Å². The highest BCUT2D eigenvalue weighted by atomic mass is 16.4. The third-order valence-electron chi connectivity index (χ3n) is 3.73. The third kappa shape index (κ3) is 7.29. The zero-order valence-electron chi connectivity index (χ0n) is 15.3. The van der Waals surface area contributed by atoms with Crippen LogP contribution in [0.1, 0.15) is 28.8 Å². The third-order valence-corrected chi connectivity index (χ3v) is 3.73. The van der Waals surface area contributed by atoms with E-state index in [9.17, 15) is 14.4 Å². The minimum Gasteiger partial charge on any atom is -0.481 e. The Morgan fingerprint density at radius 3 is 2.21 bits per heavy atom. The van der Waals surface area contributed by atoms with Crippen molar-refractivity contribution in [1.29, 1.82) is 0 Å². The van der Waals surface area contributed by atoms with Crippen molar-refractivity contribution in [3.05, 3.63) is 89.6 Å². The van der Waals surface area contributed by atoms with Gasteiger partial charge in [-0.25, -0.2) is 0 Å². The number of amides is 2. The molecule has 0 aliphatic heterocycles. The molecule has 2 rings (SSSR count). The zero-order chi connectivity index (χ0) is 20.2. The highest BCUT2D eigenvalue weighted by molar-refractivity contribution is 6.03. The number of hydrogen-bond acceptors (Lipinski definition) is 3. The van der Waals surface area contributed by atoms with Gasteiger partial charge in [0.05, 0.1) is 0 Å². The molecule has 0 saturated heterocycles. The summed E-state index contributed by atoms with van der Waals surface area (Å²) in [6.07, 6.45) is 5.27. The second-order valence-electron chi connectivity index (χ2n) is 5.92. The van der Waals surface area contributed by atoms with E-state index < -0.39 is 17.8 Å². The van der Waals surface area contributed by atoms with Gasteiger partial charge in [0.1, 0.15) is 5.70 Å². The summed E-state index contributed by atoms with van der Waals surface area (Å²) in [6.45, 7) is 0.200. The van der Waals surface area contributed by atoms with Crippen LogP contribution in [0.2, 0.25) is 0 Å². The summed E-state index contributed by atoms with van der Waals surface area (Å²) in [5.41, 5.74) is 1.46. The number of rotatable bonds is 9. The van der Waals surface area contributed by atoms with E-state index in [1.54, 1.807) is 36.4 Å². The number of benzene rings is 2. The molecule has 0 radical (unpaired) electrons. The molecule has 3 N–H and O–H groups in total. The minimum atomic E-state index is -0.923. The van der Waals surface area contributed by atoms with Crippen molar-refractivity contribution in [1.82, 2.24) is 10.6 Å². The Morgan fingerprint density at radius 2 is 1.57 bits per heavy atom. The number of nitrogens with one attached hydrogen (secondary N) is 2. The highest BCUT2D eigenvalue weighted by Crippen LogP contribution is 2.04. The minimum absolute atomic E-state index is 0.0381. The predicted molar refractivity (Wildman–Crippen MR) is 107 cm³/mol. The number of allylic oxidation sites excluding steroid dienone is 2. The maximum atomic E-state index is 12.4. The Labute approximate surface area is 163 Å². The van der Waals surface area contributed by atoms with Crippen LogP contribution >= 0.6 is 0 Å². The fraction of sp³-hybridized carbons (Fsp3) is 0.136. The summed E-state index contributed by atoms with van der Waals surface area (Å²) in [7, 11) is 0. The van der Waals surface area contributed by atoms with Gasteiger partial charge >= 0.3 is 5.97 Å². The van der Waals surface area contributed by atoms with Gasteiger partial charge in [0.2, 0.25) is 0 Å². The fourth-order valence-electron chi connectivity index (χ4n) is 2.31. The molecule has 0 unspecified atom stereocenters. The highest BCUT2D eigenvalue weighted by Gasteiger charge is 2.13. The Balaban J connectivity index is 2.08. The van der Waals surface area contributed by atoms with E-state index >= 15 is 0 Å². The molecule has 0 heterocycles. The average molecular weight is 378 g/mol. The molecule has 2 aromatic carbocycles. The quantitative estimate of drug-likeness (QED) is 0.355. The molecular formula is C22H22N2O4. The van der Waals surface area contributed by atoms with Gasteiger partial charge in [0.15, 0.2) is 0 Å². The lowest BCUT2D eigenvalue weighted by atomic mass is 10.2. The van der Waals surface area contributed by atoms with Crippen molar-refractivity contribution in [2.75, 3.05) is 6.54 Å². The molecule has 0 spiro atoms. The largest absolute Gasteiger partial charge is 0.481 e. The molecule has 2 aromatic rings. The SMILES string of the molecule is O=C(O)CCCNC(=O)/C(=C/C=C/c1ccccc1)NC(=O)c1ccccc1. The van der Waals surface area contributed by atoms with Crippen molar-refractivity contribution in [3.8, 4) is 0 Å². The normalized spacial score (nSPS) is 11.2. The van der Waals surface area contributed by atoms with Crippen LogP contribution in [0.5, 0.6) is 0 Å². The van der Waals surface area contributed by atoms with Gasteiger partial charge in [0, 0.05) is 18.5 Å². The van der Waals surface area contributed by atoms with Crippen LogP contribution < -0.4 is 10.6 Å². The fourth-order valence-corrected chi connectivity index (χ4v) is 2.31. The Kier molecular flexibility index (Phi) is 8.20.